The van der Waals surface area contributed by atoms with Crippen LogP contribution < -0.4 is 10.8 Å². The Balaban J connectivity index is 2.15. The van der Waals surface area contributed by atoms with Crippen molar-refractivity contribution in [2.75, 3.05) is 19.2 Å². The van der Waals surface area contributed by atoms with Gasteiger partial charge in [-0.2, -0.15) is 0 Å². The second kappa shape index (κ2) is 5.11. The van der Waals surface area contributed by atoms with E-state index in [0.717, 1.165) is 11.2 Å². The molecule has 0 aliphatic carbocycles. The van der Waals surface area contributed by atoms with Gasteiger partial charge in [-0.25, -0.2) is 0 Å². The molecular formula is C13H21BN2O3. The molecule has 5 nitrogen and oxygen atoms in total. The number of anilines is 1. The minimum absolute atomic E-state index is 0.340. The van der Waals surface area contributed by atoms with E-state index in [-0.39, 0.29) is 18.3 Å². The third-order valence-corrected chi connectivity index (χ3v) is 3.71. The Kier molecular flexibility index (Phi) is 3.85. The molecule has 2 rings (SSSR count). The largest absolute Gasteiger partial charge is 0.496 e. The molecule has 1 aromatic heterocycles. The molecule has 2 heterocycles. The zero-order valence-electron chi connectivity index (χ0n) is 12.2. The van der Waals surface area contributed by atoms with E-state index in [9.17, 15) is 0 Å². The van der Waals surface area contributed by atoms with Crippen LogP contribution in [0.4, 0.5) is 5.69 Å². The van der Waals surface area contributed by atoms with E-state index in [4.69, 9.17) is 14.0 Å². The molecule has 0 bridgehead atoms. The van der Waals surface area contributed by atoms with Gasteiger partial charge in [-0.1, -0.05) is 0 Å². The number of ether oxygens (including phenoxy) is 1. The summed E-state index contributed by atoms with van der Waals surface area (Å²) in [6.45, 7) is 8.58. The Hall–Kier alpha value is -1.11. The lowest BCUT2D eigenvalue weighted by Crippen LogP contribution is -2.41. The van der Waals surface area contributed by atoms with Crippen molar-refractivity contribution in [2.45, 2.75) is 38.9 Å². The van der Waals surface area contributed by atoms with E-state index >= 15 is 0 Å². The SMILES string of the molecule is COCNc1cncc(B2OC(C)(C)C(C)(C)O2)c1. The summed E-state index contributed by atoms with van der Waals surface area (Å²) < 4.78 is 17.0. The highest BCUT2D eigenvalue weighted by Crippen LogP contribution is 2.36. The molecule has 0 unspecified atom stereocenters. The zero-order valence-corrected chi connectivity index (χ0v) is 12.2. The molecule has 1 saturated heterocycles. The third kappa shape index (κ3) is 2.91. The summed E-state index contributed by atoms with van der Waals surface area (Å²) in [5.41, 5.74) is 1.11. The molecule has 0 aromatic carbocycles. The second-order valence-corrected chi connectivity index (χ2v) is 5.70. The fourth-order valence-electron chi connectivity index (χ4n) is 1.82. The Morgan fingerprint density at radius 1 is 1.21 bits per heavy atom. The van der Waals surface area contributed by atoms with Crippen LogP contribution in [0.5, 0.6) is 0 Å². The number of nitrogens with zero attached hydrogens (tertiary/aromatic N) is 1. The monoisotopic (exact) mass is 264 g/mol. The molecule has 0 spiro atoms. The van der Waals surface area contributed by atoms with Crippen LogP contribution in [0.1, 0.15) is 27.7 Å². The number of nitrogens with one attached hydrogen (secondary N) is 1. The van der Waals surface area contributed by atoms with Gasteiger partial charge in [-0.15, -0.1) is 0 Å². The van der Waals surface area contributed by atoms with Crippen LogP contribution >= 0.6 is 0 Å². The average Bonchev–Trinajstić information content (AvgIpc) is 2.56. The van der Waals surface area contributed by atoms with Crippen molar-refractivity contribution in [1.29, 1.82) is 0 Å². The molecule has 1 fully saturated rings. The maximum absolute atomic E-state index is 5.99. The fourth-order valence-corrected chi connectivity index (χ4v) is 1.82. The predicted octanol–water partition coefficient (Wildman–Crippen LogP) is 1.40. The highest BCUT2D eigenvalue weighted by molar-refractivity contribution is 6.62. The second-order valence-electron chi connectivity index (χ2n) is 5.70. The van der Waals surface area contributed by atoms with Crippen molar-refractivity contribution >= 4 is 18.3 Å². The third-order valence-electron chi connectivity index (χ3n) is 3.71. The van der Waals surface area contributed by atoms with Crippen LogP contribution in [0.15, 0.2) is 18.5 Å². The minimum atomic E-state index is -0.387. The molecule has 6 heteroatoms. The number of pyridine rings is 1. The summed E-state index contributed by atoms with van der Waals surface area (Å²) in [6.07, 6.45) is 3.51. The van der Waals surface area contributed by atoms with E-state index < -0.39 is 0 Å². The molecule has 104 valence electrons. The highest BCUT2D eigenvalue weighted by Gasteiger charge is 2.51. The lowest BCUT2D eigenvalue weighted by Gasteiger charge is -2.32. The van der Waals surface area contributed by atoms with E-state index in [1.807, 2.05) is 33.8 Å². The molecule has 0 atom stereocenters. The Labute approximate surface area is 114 Å². The quantitative estimate of drug-likeness (QED) is 0.658. The van der Waals surface area contributed by atoms with E-state index in [1.54, 1.807) is 19.5 Å². The van der Waals surface area contributed by atoms with E-state index in [2.05, 4.69) is 10.3 Å². The fraction of sp³-hybridized carbons (Fsp3) is 0.615. The van der Waals surface area contributed by atoms with Gasteiger partial charge >= 0.3 is 7.12 Å². The van der Waals surface area contributed by atoms with Gasteiger partial charge in [0.1, 0.15) is 6.73 Å². The normalized spacial score (nSPS) is 20.6. The average molecular weight is 264 g/mol. The van der Waals surface area contributed by atoms with Crippen LogP contribution in [-0.2, 0) is 14.0 Å². The first-order valence-electron chi connectivity index (χ1n) is 6.39. The molecule has 0 radical (unpaired) electrons. The maximum atomic E-state index is 5.99. The summed E-state index contributed by atoms with van der Waals surface area (Å²) in [4.78, 5) is 4.20. The van der Waals surface area contributed by atoms with Crippen molar-refractivity contribution in [1.82, 2.24) is 4.98 Å². The van der Waals surface area contributed by atoms with Gasteiger partial charge in [0, 0.05) is 25.0 Å². The van der Waals surface area contributed by atoms with Gasteiger partial charge in [-0.3, -0.25) is 4.98 Å². The summed E-state index contributed by atoms with van der Waals surface area (Å²) in [5.74, 6) is 0. The smallest absolute Gasteiger partial charge is 0.399 e. The molecule has 0 saturated carbocycles. The Bertz CT molecular complexity index is 435. The molecule has 0 amide bonds. The summed E-state index contributed by atoms with van der Waals surface area (Å²) in [7, 11) is 1.25. The van der Waals surface area contributed by atoms with Gasteiger partial charge in [0.05, 0.1) is 16.9 Å². The van der Waals surface area contributed by atoms with Crippen LogP contribution in [0.2, 0.25) is 0 Å². The number of aromatic nitrogens is 1. The number of hydrogen-bond donors (Lipinski definition) is 1. The lowest BCUT2D eigenvalue weighted by molar-refractivity contribution is 0.00578. The van der Waals surface area contributed by atoms with Crippen LogP contribution in [0.3, 0.4) is 0 Å². The van der Waals surface area contributed by atoms with Crippen molar-refractivity contribution in [3.8, 4) is 0 Å². The first kappa shape index (κ1) is 14.3. The zero-order chi connectivity index (χ0) is 14.1. The topological polar surface area (TPSA) is 52.6 Å². The number of methoxy groups -OCH3 is 1. The molecular weight excluding hydrogens is 243 g/mol. The summed E-state index contributed by atoms with van der Waals surface area (Å²) >= 11 is 0. The molecule has 19 heavy (non-hydrogen) atoms. The van der Waals surface area contributed by atoms with Crippen LogP contribution in [0.25, 0.3) is 0 Å². The summed E-state index contributed by atoms with van der Waals surface area (Å²) in [5, 5.41) is 3.10. The first-order chi connectivity index (χ1) is 8.86. The number of hydrogen-bond acceptors (Lipinski definition) is 5. The standard InChI is InChI=1S/C13H21BN2O3/c1-12(2)13(3,4)19-14(18-12)10-6-11(8-15-7-10)16-9-17-5/h6-8,16H,9H2,1-5H3. The van der Waals surface area contributed by atoms with Gasteiger partial charge in [0.15, 0.2) is 0 Å². The Morgan fingerprint density at radius 3 is 2.42 bits per heavy atom. The van der Waals surface area contributed by atoms with E-state index in [0.29, 0.717) is 6.73 Å². The van der Waals surface area contributed by atoms with Crippen molar-refractivity contribution in [2.24, 2.45) is 0 Å². The highest BCUT2D eigenvalue weighted by atomic mass is 16.7. The van der Waals surface area contributed by atoms with Gasteiger partial charge in [-0.05, 0) is 33.8 Å². The van der Waals surface area contributed by atoms with Crippen molar-refractivity contribution < 1.29 is 14.0 Å². The van der Waals surface area contributed by atoms with Gasteiger partial charge < -0.3 is 19.4 Å². The molecule has 1 aliphatic rings. The minimum Gasteiger partial charge on any atom is -0.399 e. The van der Waals surface area contributed by atoms with Crippen LogP contribution in [-0.4, -0.2) is 37.1 Å². The van der Waals surface area contributed by atoms with E-state index in [1.165, 1.54) is 0 Å². The first-order valence-corrected chi connectivity index (χ1v) is 6.39. The van der Waals surface area contributed by atoms with Crippen molar-refractivity contribution in [3.63, 3.8) is 0 Å². The number of rotatable bonds is 4. The van der Waals surface area contributed by atoms with Gasteiger partial charge in [0.25, 0.3) is 0 Å². The Morgan fingerprint density at radius 2 is 1.84 bits per heavy atom. The summed E-state index contributed by atoms with van der Waals surface area (Å²) in [6, 6.07) is 1.97. The molecule has 1 N–H and O–H groups in total. The van der Waals surface area contributed by atoms with Crippen LogP contribution in [0, 0.1) is 0 Å². The lowest BCUT2D eigenvalue weighted by atomic mass is 9.80. The maximum Gasteiger partial charge on any atom is 0.496 e. The predicted molar refractivity (Wildman–Crippen MR) is 75.5 cm³/mol. The molecule has 1 aromatic rings. The molecule has 1 aliphatic heterocycles. The van der Waals surface area contributed by atoms with Crippen molar-refractivity contribution in [3.05, 3.63) is 18.5 Å². The van der Waals surface area contributed by atoms with Gasteiger partial charge in [0.2, 0.25) is 0 Å².